The van der Waals surface area contributed by atoms with Gasteiger partial charge in [-0.3, -0.25) is 0 Å². The van der Waals surface area contributed by atoms with Crippen LogP contribution in [0.4, 0.5) is 11.4 Å². The molecule has 3 nitrogen and oxygen atoms in total. The number of azo groups is 1. The topological polar surface area (TPSA) is 45.0 Å². The summed E-state index contributed by atoms with van der Waals surface area (Å²) in [6.45, 7) is 2.14. The summed E-state index contributed by atoms with van der Waals surface area (Å²) in [7, 11) is 1.02. The van der Waals surface area contributed by atoms with Crippen molar-refractivity contribution in [2.75, 3.05) is 0 Å². The lowest BCUT2D eigenvalue weighted by atomic mass is 9.73. The number of hydrogen-bond acceptors (Lipinski definition) is 3. The van der Waals surface area contributed by atoms with Crippen molar-refractivity contribution in [3.8, 4) is 5.75 Å². The first-order chi connectivity index (χ1) is 14.7. The minimum atomic E-state index is 0.200. The molecule has 1 saturated carbocycles. The zero-order valence-electron chi connectivity index (χ0n) is 18.7. The van der Waals surface area contributed by atoms with Crippen molar-refractivity contribution < 1.29 is 5.11 Å². The van der Waals surface area contributed by atoms with Gasteiger partial charge in [-0.25, -0.2) is 0 Å². The van der Waals surface area contributed by atoms with Crippen molar-refractivity contribution in [1.29, 1.82) is 0 Å². The second-order valence-electron chi connectivity index (χ2n) is 8.87. The smallest absolute Gasteiger partial charge is 0.154 e. The summed E-state index contributed by atoms with van der Waals surface area (Å²) in [5, 5.41) is 18.9. The van der Waals surface area contributed by atoms with Crippen LogP contribution in [-0.2, 0) is 6.42 Å². The first-order valence-corrected chi connectivity index (χ1v) is 12.1. The van der Waals surface area contributed by atoms with Crippen molar-refractivity contribution >= 4 is 24.1 Å². The summed E-state index contributed by atoms with van der Waals surface area (Å²) in [6.07, 6.45) is 16.2. The number of rotatable bonds is 5. The molecule has 4 heteroatoms. The molecule has 0 heterocycles. The summed E-state index contributed by atoms with van der Waals surface area (Å²) in [4.78, 5) is 0. The lowest BCUT2D eigenvalue weighted by Crippen LogP contribution is -2.07. The van der Waals surface area contributed by atoms with Gasteiger partial charge in [0.25, 0.3) is 0 Å². The van der Waals surface area contributed by atoms with E-state index in [1.54, 1.807) is 6.07 Å². The van der Waals surface area contributed by atoms with E-state index in [0.717, 1.165) is 25.3 Å². The van der Waals surface area contributed by atoms with Crippen LogP contribution in [0.1, 0.15) is 76.2 Å². The second-order valence-corrected chi connectivity index (χ2v) is 8.87. The number of phenols is 1. The minimum absolute atomic E-state index is 0.200. The maximum absolute atomic E-state index is 10.3. The molecule has 0 spiro atoms. The zero-order chi connectivity index (χ0) is 21.0. The fourth-order valence-electron chi connectivity index (χ4n) is 4.47. The number of nitrogens with zero attached hydrogens (tertiary/aromatic N) is 2. The third-order valence-electron chi connectivity index (χ3n) is 6.41. The molecule has 0 saturated heterocycles. The van der Waals surface area contributed by atoms with Gasteiger partial charge in [0.2, 0.25) is 0 Å². The van der Waals surface area contributed by atoms with E-state index in [2.05, 4.69) is 35.3 Å². The third-order valence-corrected chi connectivity index (χ3v) is 6.41. The van der Waals surface area contributed by atoms with E-state index in [-0.39, 0.29) is 5.75 Å². The molecule has 1 fully saturated rings. The molecular weight excluding hydrogens is 367 g/mol. The van der Waals surface area contributed by atoms with Crippen LogP contribution in [0, 0.1) is 5.92 Å². The molecule has 0 amide bonds. The van der Waals surface area contributed by atoms with Crippen LogP contribution in [-0.4, -0.2) is 12.4 Å². The van der Waals surface area contributed by atoms with E-state index in [0.29, 0.717) is 5.69 Å². The Hall–Kier alpha value is -2.10. The molecule has 0 aliphatic heterocycles. The van der Waals surface area contributed by atoms with Crippen molar-refractivity contribution in [2.24, 2.45) is 16.1 Å². The predicted molar refractivity (Wildman–Crippen MR) is 129 cm³/mol. The molecule has 2 aromatic rings. The zero-order valence-corrected chi connectivity index (χ0v) is 18.7. The fraction of sp³-hybridized carbons (Fsp3) is 0.538. The first kappa shape index (κ1) is 22.6. The van der Waals surface area contributed by atoms with Crippen molar-refractivity contribution in [2.45, 2.75) is 83.9 Å². The fourth-order valence-corrected chi connectivity index (χ4v) is 4.47. The quantitative estimate of drug-likeness (QED) is 0.410. The van der Waals surface area contributed by atoms with Crippen LogP contribution >= 0.6 is 0 Å². The average Bonchev–Trinajstić information content (AvgIpc) is 2.76. The molecule has 2 aromatic carbocycles. The molecule has 3 rings (SSSR count). The Kier molecular flexibility index (Phi) is 9.46. The first-order valence-electron chi connectivity index (χ1n) is 12.1. The average molecular weight is 404 g/mol. The van der Waals surface area contributed by atoms with E-state index in [1.807, 2.05) is 18.2 Å². The molecule has 30 heavy (non-hydrogen) atoms. The van der Waals surface area contributed by atoms with Gasteiger partial charge in [-0.2, -0.15) is 5.11 Å². The highest BCUT2D eigenvalue weighted by Crippen LogP contribution is 2.31. The van der Waals surface area contributed by atoms with E-state index in [4.69, 9.17) is 0 Å². The molecule has 0 unspecified atom stereocenters. The van der Waals surface area contributed by atoms with E-state index in [9.17, 15) is 5.11 Å². The van der Waals surface area contributed by atoms with Crippen molar-refractivity contribution in [3.05, 3.63) is 48.0 Å². The summed E-state index contributed by atoms with van der Waals surface area (Å²) >= 11 is 0. The Morgan fingerprint density at radius 3 is 2.00 bits per heavy atom. The SMILES string of the molecule is CBc1ccc(/N=N/c2cc(CC3CCCCCCCCCCC3)ccc2O)cc1. The number of hydrogen-bond donors (Lipinski definition) is 1. The molecule has 0 aromatic heterocycles. The maximum atomic E-state index is 10.3. The van der Waals surface area contributed by atoms with Gasteiger partial charge in [-0.1, -0.05) is 101 Å². The molecule has 1 N–H and O–H groups in total. The van der Waals surface area contributed by atoms with E-state index >= 15 is 0 Å². The summed E-state index contributed by atoms with van der Waals surface area (Å²) in [6, 6.07) is 14.0. The van der Waals surface area contributed by atoms with Crippen LogP contribution in [0.5, 0.6) is 5.75 Å². The van der Waals surface area contributed by atoms with Gasteiger partial charge in [-0.15, -0.1) is 5.11 Å². The molecule has 0 atom stereocenters. The molecule has 0 radical (unpaired) electrons. The van der Waals surface area contributed by atoms with E-state index in [1.165, 1.54) is 81.7 Å². The summed E-state index contributed by atoms with van der Waals surface area (Å²) < 4.78 is 0. The Labute approximate surface area is 183 Å². The minimum Gasteiger partial charge on any atom is -0.506 e. The van der Waals surface area contributed by atoms with Crippen LogP contribution < -0.4 is 5.46 Å². The molecule has 1 aliphatic carbocycles. The summed E-state index contributed by atoms with van der Waals surface area (Å²) in [5.74, 6) is 0.937. The van der Waals surface area contributed by atoms with Crippen LogP contribution in [0.25, 0.3) is 0 Å². The van der Waals surface area contributed by atoms with Crippen LogP contribution in [0.15, 0.2) is 52.7 Å². The maximum Gasteiger partial charge on any atom is 0.154 e. The lowest BCUT2D eigenvalue weighted by molar-refractivity contribution is 0.392. The van der Waals surface area contributed by atoms with Gasteiger partial charge in [0.05, 0.1) is 5.69 Å². The Morgan fingerprint density at radius 1 is 0.800 bits per heavy atom. The lowest BCUT2D eigenvalue weighted by Gasteiger charge is -2.18. The summed E-state index contributed by atoms with van der Waals surface area (Å²) in [5.41, 5.74) is 3.94. The van der Waals surface area contributed by atoms with Crippen molar-refractivity contribution in [3.63, 3.8) is 0 Å². The molecule has 0 bridgehead atoms. The van der Waals surface area contributed by atoms with Gasteiger partial charge >= 0.3 is 0 Å². The van der Waals surface area contributed by atoms with Gasteiger partial charge in [0.1, 0.15) is 11.4 Å². The second kappa shape index (κ2) is 12.6. The highest BCUT2D eigenvalue weighted by Gasteiger charge is 2.12. The van der Waals surface area contributed by atoms with Crippen molar-refractivity contribution in [1.82, 2.24) is 0 Å². The molecule has 1 aliphatic rings. The van der Waals surface area contributed by atoms with Crippen LogP contribution in [0.3, 0.4) is 0 Å². The van der Waals surface area contributed by atoms with Crippen LogP contribution in [0.2, 0.25) is 6.82 Å². The molecule has 160 valence electrons. The van der Waals surface area contributed by atoms with Gasteiger partial charge in [0, 0.05) is 0 Å². The monoisotopic (exact) mass is 404 g/mol. The van der Waals surface area contributed by atoms with Gasteiger partial charge in [0.15, 0.2) is 7.28 Å². The number of benzene rings is 2. The third kappa shape index (κ3) is 7.62. The van der Waals surface area contributed by atoms with Gasteiger partial charge in [-0.05, 0) is 42.2 Å². The number of aromatic hydroxyl groups is 1. The normalized spacial score (nSPS) is 17.4. The highest BCUT2D eigenvalue weighted by molar-refractivity contribution is 6.51. The molecular formula is C26H37BN2O. The standard InChI is InChI=1S/C26H37BN2O/c1-27-23-14-16-24(17-15-23)28-29-25-20-22(13-18-26(25)30)19-21-11-9-7-5-3-2-4-6-8-10-12-21/h13-18,20-21,27,30H,2-12,19H2,1H3/b29-28+. The van der Waals surface area contributed by atoms with E-state index < -0.39 is 0 Å². The Bertz CT molecular complexity index is 776. The van der Waals surface area contributed by atoms with Gasteiger partial charge < -0.3 is 5.11 Å². The Balaban J connectivity index is 1.64. The highest BCUT2D eigenvalue weighted by atomic mass is 16.3. The largest absolute Gasteiger partial charge is 0.506 e. The predicted octanol–water partition coefficient (Wildman–Crippen LogP) is 7.38. The number of phenolic OH excluding ortho intramolecular Hbond substituents is 1. The Morgan fingerprint density at radius 2 is 1.40 bits per heavy atom.